The molecular weight excluding hydrogens is 555 g/mol. The standard InChI is InChI=1S/C23H19BrCl2N8O/c1-12(28-21-18(22(27)35)8-15(25)9-19(21)26)20-10-16(30-34(20)17-6-7-17)11-33-31-23(29-32-33)13-2-4-14(24)5-3-13/h2-5,8-10,17,28H,1,6-7,11H2,(H2,27,35). The lowest BCUT2D eigenvalue weighted by Gasteiger charge is -2.15. The monoisotopic (exact) mass is 572 g/mol. The maximum absolute atomic E-state index is 12.0. The van der Waals surface area contributed by atoms with Crippen molar-refractivity contribution in [2.75, 3.05) is 5.32 Å². The van der Waals surface area contributed by atoms with Gasteiger partial charge in [0.25, 0.3) is 5.91 Å². The van der Waals surface area contributed by atoms with Crippen LogP contribution in [0.15, 0.2) is 53.5 Å². The van der Waals surface area contributed by atoms with Gasteiger partial charge in [0.05, 0.1) is 39.4 Å². The number of carbonyl (C=O) groups is 1. The van der Waals surface area contributed by atoms with E-state index in [1.54, 1.807) is 0 Å². The number of hydrogen-bond donors (Lipinski definition) is 2. The van der Waals surface area contributed by atoms with Gasteiger partial charge in [-0.3, -0.25) is 9.48 Å². The van der Waals surface area contributed by atoms with E-state index in [2.05, 4.69) is 43.2 Å². The largest absolute Gasteiger partial charge is 0.366 e. The third-order valence-corrected chi connectivity index (χ3v) is 6.49. The lowest BCUT2D eigenvalue weighted by Crippen LogP contribution is -2.15. The number of aromatic nitrogens is 6. The first-order valence-electron chi connectivity index (χ1n) is 10.7. The summed E-state index contributed by atoms with van der Waals surface area (Å²) in [5, 5.41) is 21.3. The number of halogens is 3. The first kappa shape index (κ1) is 23.5. The first-order valence-corrected chi connectivity index (χ1v) is 12.2. The van der Waals surface area contributed by atoms with E-state index in [4.69, 9.17) is 34.0 Å². The summed E-state index contributed by atoms with van der Waals surface area (Å²) in [5.74, 6) is -0.123. The number of nitrogens with one attached hydrogen (secondary N) is 1. The quantitative estimate of drug-likeness (QED) is 0.300. The molecule has 1 aliphatic carbocycles. The molecule has 2 aromatic heterocycles. The predicted octanol–water partition coefficient (Wildman–Crippen LogP) is 5.17. The van der Waals surface area contributed by atoms with Crippen molar-refractivity contribution in [2.45, 2.75) is 25.4 Å². The molecule has 1 fully saturated rings. The van der Waals surface area contributed by atoms with Crippen molar-refractivity contribution in [3.8, 4) is 11.4 Å². The number of primary amides is 1. The van der Waals surface area contributed by atoms with Crippen molar-refractivity contribution < 1.29 is 4.79 Å². The third kappa shape index (κ3) is 5.09. The highest BCUT2D eigenvalue weighted by atomic mass is 79.9. The summed E-state index contributed by atoms with van der Waals surface area (Å²) in [4.78, 5) is 13.4. The van der Waals surface area contributed by atoms with Gasteiger partial charge in [-0.05, 0) is 60.5 Å². The highest BCUT2D eigenvalue weighted by molar-refractivity contribution is 9.10. The Morgan fingerprint density at radius 2 is 1.91 bits per heavy atom. The Morgan fingerprint density at radius 1 is 1.17 bits per heavy atom. The molecule has 0 bridgehead atoms. The number of nitrogens with zero attached hydrogens (tertiary/aromatic N) is 6. The number of tetrazole rings is 1. The molecule has 2 heterocycles. The summed E-state index contributed by atoms with van der Waals surface area (Å²) in [5.41, 5.74) is 8.93. The molecule has 0 radical (unpaired) electrons. The Hall–Kier alpha value is -3.21. The molecule has 2 aromatic carbocycles. The third-order valence-electron chi connectivity index (χ3n) is 5.44. The average molecular weight is 574 g/mol. The maximum Gasteiger partial charge on any atom is 0.250 e. The van der Waals surface area contributed by atoms with Crippen LogP contribution in [0.2, 0.25) is 10.0 Å². The fourth-order valence-electron chi connectivity index (χ4n) is 3.62. The lowest BCUT2D eigenvalue weighted by molar-refractivity contribution is 0.100. The number of nitrogens with two attached hydrogens (primary N) is 1. The zero-order valence-electron chi connectivity index (χ0n) is 18.3. The molecule has 4 aromatic rings. The van der Waals surface area contributed by atoms with Crippen LogP contribution in [-0.4, -0.2) is 35.9 Å². The van der Waals surface area contributed by atoms with E-state index in [1.807, 2.05) is 35.0 Å². The van der Waals surface area contributed by atoms with Crippen molar-refractivity contribution in [2.24, 2.45) is 5.73 Å². The molecule has 0 saturated heterocycles. The van der Waals surface area contributed by atoms with E-state index in [0.717, 1.165) is 34.3 Å². The molecule has 1 amide bonds. The van der Waals surface area contributed by atoms with Crippen LogP contribution in [0.1, 0.15) is 40.6 Å². The molecule has 0 spiro atoms. The Morgan fingerprint density at radius 3 is 2.60 bits per heavy atom. The molecule has 1 saturated carbocycles. The Bertz CT molecular complexity index is 1440. The minimum atomic E-state index is -0.653. The summed E-state index contributed by atoms with van der Waals surface area (Å²) in [6, 6.07) is 12.9. The number of amides is 1. The SMILES string of the molecule is C=C(Nc1c(Cl)cc(Cl)cc1C(N)=O)c1cc(Cn2nnc(-c3ccc(Br)cc3)n2)nn1C1CC1. The summed E-state index contributed by atoms with van der Waals surface area (Å²) in [6.07, 6.45) is 2.04. The molecule has 0 unspecified atom stereocenters. The van der Waals surface area contributed by atoms with Gasteiger partial charge in [0.1, 0.15) is 6.54 Å². The van der Waals surface area contributed by atoms with Crippen LogP contribution in [0, 0.1) is 0 Å². The maximum atomic E-state index is 12.0. The van der Waals surface area contributed by atoms with Crippen LogP contribution < -0.4 is 11.1 Å². The highest BCUT2D eigenvalue weighted by Gasteiger charge is 2.29. The fraction of sp³-hybridized carbons (Fsp3) is 0.174. The summed E-state index contributed by atoms with van der Waals surface area (Å²) in [7, 11) is 0. The van der Waals surface area contributed by atoms with Crippen molar-refractivity contribution in [3.05, 3.63) is 80.5 Å². The van der Waals surface area contributed by atoms with Crippen LogP contribution in [0.5, 0.6) is 0 Å². The van der Waals surface area contributed by atoms with Crippen molar-refractivity contribution in [3.63, 3.8) is 0 Å². The van der Waals surface area contributed by atoms with Crippen molar-refractivity contribution >= 4 is 56.4 Å². The van der Waals surface area contributed by atoms with Gasteiger partial charge in [-0.15, -0.1) is 10.2 Å². The van der Waals surface area contributed by atoms with E-state index < -0.39 is 5.91 Å². The minimum absolute atomic E-state index is 0.175. The van der Waals surface area contributed by atoms with Crippen LogP contribution in [-0.2, 0) is 6.54 Å². The van der Waals surface area contributed by atoms with Gasteiger partial charge in [0.2, 0.25) is 5.82 Å². The molecule has 178 valence electrons. The number of hydrogen-bond acceptors (Lipinski definition) is 6. The molecule has 5 rings (SSSR count). The first-order chi connectivity index (χ1) is 16.8. The molecule has 0 atom stereocenters. The smallest absolute Gasteiger partial charge is 0.250 e. The van der Waals surface area contributed by atoms with E-state index in [1.165, 1.54) is 16.9 Å². The van der Waals surface area contributed by atoms with Gasteiger partial charge in [-0.25, -0.2) is 0 Å². The molecule has 12 heteroatoms. The highest BCUT2D eigenvalue weighted by Crippen LogP contribution is 2.38. The van der Waals surface area contributed by atoms with Crippen molar-refractivity contribution in [1.29, 1.82) is 0 Å². The van der Waals surface area contributed by atoms with Crippen molar-refractivity contribution in [1.82, 2.24) is 30.0 Å². The van der Waals surface area contributed by atoms with E-state index in [0.29, 0.717) is 28.8 Å². The van der Waals surface area contributed by atoms with Gasteiger partial charge in [0, 0.05) is 15.1 Å². The van der Waals surface area contributed by atoms with Gasteiger partial charge in [-0.1, -0.05) is 45.7 Å². The number of carbonyl (C=O) groups excluding carboxylic acids is 1. The second kappa shape index (κ2) is 9.44. The fourth-order valence-corrected chi connectivity index (χ4v) is 4.43. The summed E-state index contributed by atoms with van der Waals surface area (Å²) in [6.45, 7) is 4.49. The number of benzene rings is 2. The van der Waals surface area contributed by atoms with Gasteiger partial charge < -0.3 is 11.1 Å². The van der Waals surface area contributed by atoms with Gasteiger partial charge in [-0.2, -0.15) is 9.90 Å². The van der Waals surface area contributed by atoms with E-state index in [-0.39, 0.29) is 16.6 Å². The minimum Gasteiger partial charge on any atom is -0.366 e. The lowest BCUT2D eigenvalue weighted by atomic mass is 10.1. The molecule has 35 heavy (non-hydrogen) atoms. The van der Waals surface area contributed by atoms with Gasteiger partial charge in [0.15, 0.2) is 0 Å². The zero-order chi connectivity index (χ0) is 24.7. The topological polar surface area (TPSA) is 117 Å². The van der Waals surface area contributed by atoms with Crippen LogP contribution in [0.4, 0.5) is 5.69 Å². The van der Waals surface area contributed by atoms with Crippen LogP contribution >= 0.6 is 39.1 Å². The molecule has 1 aliphatic rings. The normalized spacial score (nSPS) is 13.1. The number of rotatable bonds is 8. The zero-order valence-corrected chi connectivity index (χ0v) is 21.3. The average Bonchev–Trinajstić information content (AvgIpc) is 3.41. The van der Waals surface area contributed by atoms with E-state index in [9.17, 15) is 4.79 Å². The van der Waals surface area contributed by atoms with Crippen LogP contribution in [0.25, 0.3) is 17.1 Å². The number of anilines is 1. The van der Waals surface area contributed by atoms with Crippen LogP contribution in [0.3, 0.4) is 0 Å². The second-order valence-corrected chi connectivity index (χ2v) is 9.88. The Labute approximate surface area is 219 Å². The predicted molar refractivity (Wildman–Crippen MR) is 138 cm³/mol. The molecule has 0 aliphatic heterocycles. The summed E-state index contributed by atoms with van der Waals surface area (Å²) < 4.78 is 2.90. The molecular formula is C23H19BrCl2N8O. The Balaban J connectivity index is 1.40. The van der Waals surface area contributed by atoms with E-state index >= 15 is 0 Å². The van der Waals surface area contributed by atoms with Gasteiger partial charge >= 0.3 is 0 Å². The molecule has 9 nitrogen and oxygen atoms in total. The molecule has 3 N–H and O–H groups in total. The second-order valence-electron chi connectivity index (χ2n) is 8.12. The Kier molecular flexibility index (Phi) is 6.35. The summed E-state index contributed by atoms with van der Waals surface area (Å²) >= 11 is 15.8.